The molecule has 2 saturated heterocycles. The molecule has 1 aromatic rings. The van der Waals surface area contributed by atoms with Crippen LogP contribution in [0.2, 0.25) is 0 Å². The van der Waals surface area contributed by atoms with E-state index < -0.39 is 10.0 Å². The summed E-state index contributed by atoms with van der Waals surface area (Å²) in [4.78, 5) is 14.8. The number of hydrogen-bond donors (Lipinski definition) is 1. The van der Waals surface area contributed by atoms with Crippen molar-refractivity contribution in [2.45, 2.75) is 56.9 Å². The maximum absolute atomic E-state index is 12.6. The summed E-state index contributed by atoms with van der Waals surface area (Å²) in [7, 11) is -3.38. The molecule has 27 heavy (non-hydrogen) atoms. The second-order valence-electron chi connectivity index (χ2n) is 8.45. The van der Waals surface area contributed by atoms with Gasteiger partial charge in [0.2, 0.25) is 15.9 Å². The molecule has 0 saturated carbocycles. The van der Waals surface area contributed by atoms with Crippen molar-refractivity contribution in [2.75, 3.05) is 26.2 Å². The Bertz CT molecular complexity index is 768. The number of benzene rings is 1. The Morgan fingerprint density at radius 1 is 1.15 bits per heavy atom. The van der Waals surface area contributed by atoms with Crippen LogP contribution in [0.1, 0.15) is 45.1 Å². The van der Waals surface area contributed by atoms with Crippen LogP contribution in [0, 0.1) is 5.41 Å². The quantitative estimate of drug-likeness (QED) is 0.829. The van der Waals surface area contributed by atoms with Crippen LogP contribution >= 0.6 is 0 Å². The molecule has 6 nitrogen and oxygen atoms in total. The Morgan fingerprint density at radius 3 is 2.37 bits per heavy atom. The van der Waals surface area contributed by atoms with Crippen LogP contribution in [-0.4, -0.2) is 55.8 Å². The van der Waals surface area contributed by atoms with E-state index in [9.17, 15) is 13.2 Å². The zero-order chi connectivity index (χ0) is 19.7. The van der Waals surface area contributed by atoms with Crippen molar-refractivity contribution in [3.63, 3.8) is 0 Å². The Kier molecular flexibility index (Phi) is 5.93. The first-order chi connectivity index (χ1) is 12.7. The number of aryl methyl sites for hydroxylation is 1. The number of piperidine rings is 1. The maximum atomic E-state index is 12.6. The van der Waals surface area contributed by atoms with Crippen molar-refractivity contribution in [1.29, 1.82) is 0 Å². The Hall–Kier alpha value is -1.44. The second kappa shape index (κ2) is 7.89. The lowest BCUT2D eigenvalue weighted by atomic mass is 9.79. The number of hydrogen-bond acceptors (Lipinski definition) is 4. The Morgan fingerprint density at radius 2 is 1.78 bits per heavy atom. The molecule has 0 bridgehead atoms. The highest BCUT2D eigenvalue weighted by molar-refractivity contribution is 7.89. The van der Waals surface area contributed by atoms with E-state index >= 15 is 0 Å². The summed E-state index contributed by atoms with van der Waals surface area (Å²) >= 11 is 0. The molecule has 0 aliphatic carbocycles. The lowest BCUT2D eigenvalue weighted by Gasteiger charge is -2.42. The van der Waals surface area contributed by atoms with E-state index in [0.29, 0.717) is 37.4 Å². The second-order valence-corrected chi connectivity index (χ2v) is 10.4. The summed E-state index contributed by atoms with van der Waals surface area (Å²) < 4.78 is 26.7. The molecule has 1 aromatic carbocycles. The molecule has 3 rings (SSSR count). The third kappa shape index (κ3) is 4.52. The molecule has 1 atom stereocenters. The highest BCUT2D eigenvalue weighted by Crippen LogP contribution is 2.28. The third-order valence-corrected chi connectivity index (χ3v) is 7.83. The molecule has 1 amide bonds. The number of likely N-dealkylation sites (tertiary alicyclic amines) is 1. The average molecular weight is 394 g/mol. The van der Waals surface area contributed by atoms with Gasteiger partial charge in [-0.25, -0.2) is 8.42 Å². The number of nitrogens with two attached hydrogens (primary N) is 1. The summed E-state index contributed by atoms with van der Waals surface area (Å²) in [5.41, 5.74) is 7.07. The number of sulfonamides is 1. The van der Waals surface area contributed by atoms with Gasteiger partial charge in [0.05, 0.1) is 4.90 Å². The molecule has 2 N–H and O–H groups in total. The van der Waals surface area contributed by atoms with Crippen LogP contribution in [0.3, 0.4) is 0 Å². The average Bonchev–Trinajstić information content (AvgIpc) is 3.18. The van der Waals surface area contributed by atoms with E-state index in [1.807, 2.05) is 17.0 Å². The number of carbonyl (C=O) groups is 1. The van der Waals surface area contributed by atoms with Gasteiger partial charge in [0, 0.05) is 38.6 Å². The van der Waals surface area contributed by atoms with E-state index in [2.05, 4.69) is 13.8 Å². The van der Waals surface area contributed by atoms with E-state index in [1.165, 1.54) is 0 Å². The molecule has 7 heteroatoms. The summed E-state index contributed by atoms with van der Waals surface area (Å²) in [5, 5.41) is 0. The van der Waals surface area contributed by atoms with E-state index in [0.717, 1.165) is 31.4 Å². The zero-order valence-electron chi connectivity index (χ0n) is 16.4. The van der Waals surface area contributed by atoms with Crippen molar-refractivity contribution >= 4 is 15.9 Å². The van der Waals surface area contributed by atoms with Crippen molar-refractivity contribution in [3.8, 4) is 0 Å². The van der Waals surface area contributed by atoms with Gasteiger partial charge in [-0.2, -0.15) is 4.31 Å². The van der Waals surface area contributed by atoms with Gasteiger partial charge in [0.1, 0.15) is 0 Å². The van der Waals surface area contributed by atoms with Gasteiger partial charge < -0.3 is 10.6 Å². The molecule has 2 fully saturated rings. The summed E-state index contributed by atoms with van der Waals surface area (Å²) in [6.45, 7) is 6.84. The minimum absolute atomic E-state index is 0.0561. The molecule has 0 radical (unpaired) electrons. The summed E-state index contributed by atoms with van der Waals surface area (Å²) in [6, 6.07) is 7.11. The minimum Gasteiger partial charge on any atom is -0.342 e. The first-order valence-electron chi connectivity index (χ1n) is 9.82. The van der Waals surface area contributed by atoms with Gasteiger partial charge in [-0.3, -0.25) is 4.79 Å². The molecular formula is C20H31N3O3S. The normalized spacial score (nSPS) is 23.5. The monoisotopic (exact) mass is 393 g/mol. The van der Waals surface area contributed by atoms with Crippen molar-refractivity contribution < 1.29 is 13.2 Å². The highest BCUT2D eigenvalue weighted by atomic mass is 32.2. The van der Waals surface area contributed by atoms with Gasteiger partial charge in [0.25, 0.3) is 0 Å². The van der Waals surface area contributed by atoms with Crippen LogP contribution in [0.25, 0.3) is 0 Å². The minimum atomic E-state index is -3.38. The van der Waals surface area contributed by atoms with Crippen LogP contribution < -0.4 is 5.73 Å². The number of carbonyl (C=O) groups excluding carboxylic acids is 1. The zero-order valence-corrected chi connectivity index (χ0v) is 17.2. The fraction of sp³-hybridized carbons (Fsp3) is 0.650. The van der Waals surface area contributed by atoms with Crippen LogP contribution in [0.5, 0.6) is 0 Å². The highest BCUT2D eigenvalue weighted by Gasteiger charge is 2.35. The molecule has 150 valence electrons. The first kappa shape index (κ1) is 20.3. The van der Waals surface area contributed by atoms with E-state index in [4.69, 9.17) is 5.73 Å². The first-order valence-corrected chi connectivity index (χ1v) is 11.3. The van der Waals surface area contributed by atoms with Gasteiger partial charge in [-0.15, -0.1) is 0 Å². The van der Waals surface area contributed by atoms with Crippen molar-refractivity contribution in [3.05, 3.63) is 29.8 Å². The fourth-order valence-electron chi connectivity index (χ4n) is 3.90. The predicted octanol–water partition coefficient (Wildman–Crippen LogP) is 1.99. The van der Waals surface area contributed by atoms with E-state index in [1.54, 1.807) is 16.4 Å². The topological polar surface area (TPSA) is 83.7 Å². The summed E-state index contributed by atoms with van der Waals surface area (Å²) in [6.07, 6.45) is 3.74. The van der Waals surface area contributed by atoms with Crippen LogP contribution in [0.15, 0.2) is 29.2 Å². The lowest BCUT2D eigenvalue weighted by Crippen LogP contribution is -2.54. The number of amides is 1. The summed E-state index contributed by atoms with van der Waals surface area (Å²) in [5.74, 6) is 0.142. The Balaban J connectivity index is 1.57. The van der Waals surface area contributed by atoms with Gasteiger partial charge in [-0.05, 0) is 48.8 Å². The van der Waals surface area contributed by atoms with Crippen LogP contribution in [-0.2, 0) is 21.2 Å². The van der Waals surface area contributed by atoms with Crippen molar-refractivity contribution in [2.24, 2.45) is 11.1 Å². The van der Waals surface area contributed by atoms with Gasteiger partial charge in [-0.1, -0.05) is 26.0 Å². The number of rotatable bonds is 5. The van der Waals surface area contributed by atoms with Crippen molar-refractivity contribution in [1.82, 2.24) is 9.21 Å². The molecule has 0 spiro atoms. The standard InChI is InChI=1S/C20H31N3O3S/c1-20(2)15-22(14-11-18(20)21)19(24)10-7-16-5-8-17(9-6-16)27(25,26)23-12-3-4-13-23/h5-6,8-9,18H,3-4,7,10-15,21H2,1-2H3. The fourth-order valence-corrected chi connectivity index (χ4v) is 5.42. The molecule has 2 aliphatic heterocycles. The third-order valence-electron chi connectivity index (χ3n) is 5.92. The smallest absolute Gasteiger partial charge is 0.243 e. The molecule has 0 aromatic heterocycles. The van der Waals surface area contributed by atoms with Gasteiger partial charge in [0.15, 0.2) is 0 Å². The predicted molar refractivity (Wildman–Crippen MR) is 106 cm³/mol. The SMILES string of the molecule is CC1(C)CN(C(=O)CCc2ccc(S(=O)(=O)N3CCCC3)cc2)CCC1N. The van der Waals surface area contributed by atoms with Gasteiger partial charge >= 0.3 is 0 Å². The molecule has 2 heterocycles. The Labute approximate surface area is 162 Å². The molecule has 1 unspecified atom stereocenters. The molecule has 2 aliphatic rings. The largest absolute Gasteiger partial charge is 0.342 e. The van der Waals surface area contributed by atoms with E-state index in [-0.39, 0.29) is 17.4 Å². The molecular weight excluding hydrogens is 362 g/mol. The number of nitrogens with zero attached hydrogens (tertiary/aromatic N) is 2. The lowest BCUT2D eigenvalue weighted by molar-refractivity contribution is -0.134. The van der Waals surface area contributed by atoms with Crippen LogP contribution in [0.4, 0.5) is 0 Å². The maximum Gasteiger partial charge on any atom is 0.243 e.